The van der Waals surface area contributed by atoms with Gasteiger partial charge < -0.3 is 0 Å². The molecular weight excluding hydrogens is 266 g/mol. The van der Waals surface area contributed by atoms with E-state index in [1.807, 2.05) is 12.1 Å². The van der Waals surface area contributed by atoms with Crippen LogP contribution >= 0.6 is 0 Å². The second-order valence-electron chi connectivity index (χ2n) is 7.83. The van der Waals surface area contributed by atoms with Crippen molar-refractivity contribution in [2.45, 2.75) is 26.4 Å². The van der Waals surface area contributed by atoms with Gasteiger partial charge in [0.15, 0.2) is 0 Å². The Kier molecular flexibility index (Phi) is 2.55. The molecule has 5 nitrogen and oxygen atoms in total. The van der Waals surface area contributed by atoms with E-state index in [0.717, 1.165) is 26.2 Å². The molecule has 4 bridgehead atoms. The van der Waals surface area contributed by atoms with E-state index in [4.69, 9.17) is 0 Å². The molecule has 0 aromatic heterocycles. The first kappa shape index (κ1) is 13.2. The zero-order valence-corrected chi connectivity index (χ0v) is 12.6. The second kappa shape index (κ2) is 4.05. The fraction of sp³-hybridized carbons (Fsp3) is 0.625. The number of hydrogen-bond donors (Lipinski definition) is 0. The van der Waals surface area contributed by atoms with Crippen LogP contribution in [-0.2, 0) is 0 Å². The molecule has 21 heavy (non-hydrogen) atoms. The van der Waals surface area contributed by atoms with Crippen molar-refractivity contribution in [3.8, 4) is 0 Å². The quantitative estimate of drug-likeness (QED) is 0.620. The summed E-state index contributed by atoms with van der Waals surface area (Å²) in [5, 5.41) is 10.8. The van der Waals surface area contributed by atoms with E-state index >= 15 is 0 Å². The molecule has 5 rings (SSSR count). The molecule has 4 saturated heterocycles. The van der Waals surface area contributed by atoms with Crippen LogP contribution < -0.4 is 0 Å². The maximum absolute atomic E-state index is 10.8. The van der Waals surface area contributed by atoms with Gasteiger partial charge in [-0.15, -0.1) is 0 Å². The van der Waals surface area contributed by atoms with E-state index in [0.29, 0.717) is 17.0 Å². The van der Waals surface area contributed by atoms with E-state index in [1.54, 1.807) is 12.1 Å². The Bertz CT molecular complexity index is 562. The topological polar surface area (TPSA) is 49.6 Å². The first-order chi connectivity index (χ1) is 9.88. The van der Waals surface area contributed by atoms with Gasteiger partial charge in [0, 0.05) is 38.3 Å². The van der Waals surface area contributed by atoms with Gasteiger partial charge in [-0.3, -0.25) is 19.9 Å². The van der Waals surface area contributed by atoms with Crippen molar-refractivity contribution in [3.05, 3.63) is 39.9 Å². The predicted octanol–water partition coefficient (Wildman–Crippen LogP) is 2.64. The zero-order valence-electron chi connectivity index (χ0n) is 12.6. The average molecular weight is 287 g/mol. The van der Waals surface area contributed by atoms with E-state index in [-0.39, 0.29) is 10.6 Å². The van der Waals surface area contributed by atoms with Crippen LogP contribution in [0.5, 0.6) is 0 Å². The number of nitrogens with zero attached hydrogens (tertiary/aromatic N) is 3. The van der Waals surface area contributed by atoms with Crippen LogP contribution in [0.2, 0.25) is 0 Å². The van der Waals surface area contributed by atoms with Gasteiger partial charge in [-0.1, -0.05) is 13.8 Å². The van der Waals surface area contributed by atoms with Crippen molar-refractivity contribution in [2.75, 3.05) is 26.2 Å². The minimum Gasteiger partial charge on any atom is -0.283 e. The van der Waals surface area contributed by atoms with Crippen LogP contribution in [0.15, 0.2) is 24.3 Å². The standard InChI is InChI=1S/C16H21N3O2/c1-15-7-16(2)10-17(8-15)14(18(9-15)11-16)12-3-5-13(6-4-12)19(20)21/h3-6,14H,7-11H2,1-2H3. The maximum atomic E-state index is 10.8. The number of rotatable bonds is 2. The summed E-state index contributed by atoms with van der Waals surface area (Å²) in [6.07, 6.45) is 1.62. The first-order valence-electron chi connectivity index (χ1n) is 7.60. The lowest BCUT2D eigenvalue weighted by Gasteiger charge is -2.66. The van der Waals surface area contributed by atoms with E-state index in [1.165, 1.54) is 12.0 Å². The summed E-state index contributed by atoms with van der Waals surface area (Å²) in [4.78, 5) is 15.6. The van der Waals surface area contributed by atoms with E-state index in [2.05, 4.69) is 23.6 Å². The number of nitro benzene ring substituents is 1. The Labute approximate surface area is 124 Å². The summed E-state index contributed by atoms with van der Waals surface area (Å²) in [6, 6.07) is 7.11. The molecule has 0 N–H and O–H groups in total. The highest BCUT2D eigenvalue weighted by molar-refractivity contribution is 5.35. The molecule has 0 spiro atoms. The Morgan fingerprint density at radius 2 is 1.52 bits per heavy atom. The van der Waals surface area contributed by atoms with Gasteiger partial charge in [0.2, 0.25) is 0 Å². The van der Waals surface area contributed by atoms with Gasteiger partial charge in [-0.2, -0.15) is 0 Å². The van der Waals surface area contributed by atoms with Crippen LogP contribution in [0.1, 0.15) is 32.0 Å². The zero-order chi connectivity index (χ0) is 14.8. The molecule has 1 aromatic rings. The molecule has 0 aliphatic carbocycles. The van der Waals surface area contributed by atoms with Crippen molar-refractivity contribution in [1.29, 1.82) is 0 Å². The third-order valence-corrected chi connectivity index (χ3v) is 5.29. The Hall–Kier alpha value is -1.46. The summed E-state index contributed by atoms with van der Waals surface area (Å²) >= 11 is 0. The van der Waals surface area contributed by atoms with Crippen LogP contribution in [0.4, 0.5) is 5.69 Å². The van der Waals surface area contributed by atoms with Crippen molar-refractivity contribution >= 4 is 5.69 Å². The highest BCUT2D eigenvalue weighted by Crippen LogP contribution is 2.54. The Morgan fingerprint density at radius 1 is 1.05 bits per heavy atom. The smallest absolute Gasteiger partial charge is 0.269 e. The molecule has 112 valence electrons. The lowest BCUT2D eigenvalue weighted by Crippen LogP contribution is -2.70. The molecule has 1 aromatic carbocycles. The number of piperidine rings is 2. The Balaban J connectivity index is 1.66. The normalized spacial score (nSPS) is 44.0. The molecule has 5 heteroatoms. The van der Waals surface area contributed by atoms with Crippen LogP contribution in [-0.4, -0.2) is 40.9 Å². The molecule has 4 aliphatic heterocycles. The molecule has 0 amide bonds. The molecular formula is C16H21N3O2. The molecule has 0 saturated carbocycles. The summed E-state index contributed by atoms with van der Waals surface area (Å²) in [5.41, 5.74) is 2.17. The van der Waals surface area contributed by atoms with Crippen LogP contribution in [0.25, 0.3) is 0 Å². The lowest BCUT2D eigenvalue weighted by atomic mass is 9.63. The summed E-state index contributed by atoms with van der Waals surface area (Å²) in [7, 11) is 0. The summed E-state index contributed by atoms with van der Waals surface area (Å²) < 4.78 is 0. The minimum atomic E-state index is -0.330. The van der Waals surface area contributed by atoms with Crippen molar-refractivity contribution in [2.24, 2.45) is 10.8 Å². The molecule has 0 radical (unpaired) electrons. The third kappa shape index (κ3) is 1.99. The van der Waals surface area contributed by atoms with Crippen LogP contribution in [0, 0.1) is 20.9 Å². The number of hydrogen-bond acceptors (Lipinski definition) is 4. The lowest BCUT2D eigenvalue weighted by molar-refractivity contribution is -0.384. The number of non-ortho nitro benzene ring substituents is 1. The van der Waals surface area contributed by atoms with Gasteiger partial charge in [0.25, 0.3) is 5.69 Å². The second-order valence-corrected chi connectivity index (χ2v) is 7.83. The summed E-state index contributed by atoms with van der Waals surface area (Å²) in [5.74, 6) is 0. The van der Waals surface area contributed by atoms with Crippen molar-refractivity contribution in [3.63, 3.8) is 0 Å². The fourth-order valence-electron chi connectivity index (χ4n) is 5.19. The molecule has 4 aliphatic rings. The monoisotopic (exact) mass is 287 g/mol. The van der Waals surface area contributed by atoms with Gasteiger partial charge in [0.1, 0.15) is 0 Å². The molecule has 4 heterocycles. The van der Waals surface area contributed by atoms with Crippen LogP contribution in [0.3, 0.4) is 0 Å². The third-order valence-electron chi connectivity index (χ3n) is 5.29. The first-order valence-corrected chi connectivity index (χ1v) is 7.60. The van der Waals surface area contributed by atoms with Gasteiger partial charge in [0.05, 0.1) is 11.1 Å². The van der Waals surface area contributed by atoms with Gasteiger partial charge in [-0.25, -0.2) is 0 Å². The maximum Gasteiger partial charge on any atom is 0.269 e. The van der Waals surface area contributed by atoms with Gasteiger partial charge >= 0.3 is 0 Å². The number of nitro groups is 1. The van der Waals surface area contributed by atoms with Crippen molar-refractivity contribution < 1.29 is 4.92 Å². The molecule has 4 fully saturated rings. The highest BCUT2D eigenvalue weighted by atomic mass is 16.6. The van der Waals surface area contributed by atoms with E-state index < -0.39 is 0 Å². The van der Waals surface area contributed by atoms with Gasteiger partial charge in [-0.05, 0) is 34.9 Å². The molecule has 0 unspecified atom stereocenters. The predicted molar refractivity (Wildman–Crippen MR) is 79.8 cm³/mol. The minimum absolute atomic E-state index is 0.173. The summed E-state index contributed by atoms with van der Waals surface area (Å²) in [6.45, 7) is 9.36. The number of benzene rings is 1. The van der Waals surface area contributed by atoms with E-state index in [9.17, 15) is 10.1 Å². The SMILES string of the molecule is CC12CN3CC(C)(CN(C1)C3c1ccc([N+](=O)[O-])cc1)C2. The Morgan fingerprint density at radius 3 is 1.95 bits per heavy atom. The van der Waals surface area contributed by atoms with Crippen molar-refractivity contribution in [1.82, 2.24) is 9.80 Å². The highest BCUT2D eigenvalue weighted by Gasteiger charge is 2.56. The average Bonchev–Trinajstić information content (AvgIpc) is 2.35. The fourth-order valence-corrected chi connectivity index (χ4v) is 5.19. The largest absolute Gasteiger partial charge is 0.283 e. The molecule has 0 atom stereocenters.